The number of pyridine rings is 1. The molecule has 0 aliphatic carbocycles. The van der Waals surface area contributed by atoms with Crippen LogP contribution >= 0.6 is 35.0 Å². The standard InChI is InChI=1S/C14H7Cl2F3N2OS/c15-8-1-2-10-11(4-8)22-12(21-10)6-23-13-9(16)3-7(5-20-13)14(17,18)19/h1-5H,6H2. The predicted octanol–water partition coefficient (Wildman–Crippen LogP) is 5.84. The summed E-state index contributed by atoms with van der Waals surface area (Å²) in [5.41, 5.74) is 0.305. The molecule has 3 aromatic rings. The molecule has 0 radical (unpaired) electrons. The van der Waals surface area contributed by atoms with Gasteiger partial charge in [-0.2, -0.15) is 13.2 Å². The van der Waals surface area contributed by atoms with Crippen LogP contribution in [0.15, 0.2) is 39.9 Å². The van der Waals surface area contributed by atoms with Gasteiger partial charge in [-0.1, -0.05) is 35.0 Å². The van der Waals surface area contributed by atoms with Crippen molar-refractivity contribution in [3.05, 3.63) is 52.0 Å². The molecule has 3 nitrogen and oxygen atoms in total. The molecule has 0 fully saturated rings. The quantitative estimate of drug-likeness (QED) is 0.536. The van der Waals surface area contributed by atoms with E-state index < -0.39 is 11.7 Å². The molecule has 9 heteroatoms. The lowest BCUT2D eigenvalue weighted by atomic mass is 10.3. The number of halogens is 5. The van der Waals surface area contributed by atoms with Crippen LogP contribution in [0.2, 0.25) is 10.0 Å². The van der Waals surface area contributed by atoms with Gasteiger partial charge in [0.05, 0.1) is 16.3 Å². The summed E-state index contributed by atoms with van der Waals surface area (Å²) in [6, 6.07) is 5.90. The average molecular weight is 379 g/mol. The van der Waals surface area contributed by atoms with Crippen molar-refractivity contribution in [3.8, 4) is 0 Å². The van der Waals surface area contributed by atoms with Gasteiger partial charge in [0.15, 0.2) is 5.58 Å². The van der Waals surface area contributed by atoms with E-state index in [1.807, 2.05) is 0 Å². The molecule has 1 aromatic carbocycles. The van der Waals surface area contributed by atoms with Crippen molar-refractivity contribution in [1.82, 2.24) is 9.97 Å². The maximum absolute atomic E-state index is 12.6. The van der Waals surface area contributed by atoms with E-state index in [1.54, 1.807) is 18.2 Å². The summed E-state index contributed by atoms with van der Waals surface area (Å²) in [5, 5.41) is 0.740. The van der Waals surface area contributed by atoms with Gasteiger partial charge in [0.1, 0.15) is 10.5 Å². The zero-order chi connectivity index (χ0) is 16.6. The second-order valence-electron chi connectivity index (χ2n) is 4.52. The normalized spacial score (nSPS) is 12.0. The highest BCUT2D eigenvalue weighted by Crippen LogP contribution is 2.34. The largest absolute Gasteiger partial charge is 0.440 e. The number of alkyl halides is 3. The topological polar surface area (TPSA) is 38.9 Å². The van der Waals surface area contributed by atoms with E-state index >= 15 is 0 Å². The number of rotatable bonds is 3. The predicted molar refractivity (Wildman–Crippen MR) is 82.8 cm³/mol. The SMILES string of the molecule is FC(F)(F)c1cnc(SCc2nc3ccc(Cl)cc3o2)c(Cl)c1. The Morgan fingerprint density at radius 3 is 2.65 bits per heavy atom. The summed E-state index contributed by atoms with van der Waals surface area (Å²) in [7, 11) is 0. The zero-order valence-electron chi connectivity index (χ0n) is 11.2. The second-order valence-corrected chi connectivity index (χ2v) is 6.32. The fraction of sp³-hybridized carbons (Fsp3) is 0.143. The minimum Gasteiger partial charge on any atom is -0.440 e. The van der Waals surface area contributed by atoms with Crippen LogP contribution in [0.4, 0.5) is 13.2 Å². The molecule has 0 bridgehead atoms. The monoisotopic (exact) mass is 378 g/mol. The number of oxazole rings is 1. The summed E-state index contributed by atoms with van der Waals surface area (Å²) in [4.78, 5) is 8.01. The summed E-state index contributed by atoms with van der Waals surface area (Å²) >= 11 is 12.8. The average Bonchev–Trinajstić information content (AvgIpc) is 2.86. The van der Waals surface area contributed by atoms with E-state index in [0.29, 0.717) is 22.0 Å². The van der Waals surface area contributed by atoms with Crippen molar-refractivity contribution >= 4 is 46.1 Å². The fourth-order valence-electron chi connectivity index (χ4n) is 1.82. The van der Waals surface area contributed by atoms with Crippen LogP contribution in [0.1, 0.15) is 11.5 Å². The van der Waals surface area contributed by atoms with Gasteiger partial charge in [-0.3, -0.25) is 0 Å². The number of benzene rings is 1. The molecule has 2 aromatic heterocycles. The number of fused-ring (bicyclic) bond motifs is 1. The van der Waals surface area contributed by atoms with Gasteiger partial charge in [0.2, 0.25) is 5.89 Å². The van der Waals surface area contributed by atoms with Crippen molar-refractivity contribution in [2.75, 3.05) is 0 Å². The van der Waals surface area contributed by atoms with Gasteiger partial charge in [-0.05, 0) is 18.2 Å². The summed E-state index contributed by atoms with van der Waals surface area (Å²) < 4.78 is 43.2. The summed E-state index contributed by atoms with van der Waals surface area (Å²) in [6.45, 7) is 0. The first kappa shape index (κ1) is 16.4. The van der Waals surface area contributed by atoms with Crippen LogP contribution in [0.3, 0.4) is 0 Å². The lowest BCUT2D eigenvalue weighted by molar-refractivity contribution is -0.137. The van der Waals surface area contributed by atoms with Gasteiger partial charge in [0.25, 0.3) is 0 Å². The van der Waals surface area contributed by atoms with E-state index in [2.05, 4.69) is 9.97 Å². The van der Waals surface area contributed by atoms with Crippen LogP contribution in [0.25, 0.3) is 11.1 Å². The lowest BCUT2D eigenvalue weighted by Gasteiger charge is -2.08. The third-order valence-corrected chi connectivity index (χ3v) is 4.49. The van der Waals surface area contributed by atoms with Crippen molar-refractivity contribution in [2.24, 2.45) is 0 Å². The molecule has 0 amide bonds. The number of aromatic nitrogens is 2. The molecule has 0 atom stereocenters. The molecule has 0 spiro atoms. The Balaban J connectivity index is 1.77. The van der Waals surface area contributed by atoms with Crippen LogP contribution in [0.5, 0.6) is 0 Å². The zero-order valence-corrected chi connectivity index (χ0v) is 13.5. The van der Waals surface area contributed by atoms with E-state index in [-0.39, 0.29) is 15.8 Å². The number of nitrogens with zero attached hydrogens (tertiary/aromatic N) is 2. The Labute approximate surface area is 142 Å². The van der Waals surface area contributed by atoms with Crippen LogP contribution in [-0.2, 0) is 11.9 Å². The van der Waals surface area contributed by atoms with Gasteiger partial charge in [-0.15, -0.1) is 0 Å². The fourth-order valence-corrected chi connectivity index (χ4v) is 3.02. The van der Waals surface area contributed by atoms with Crippen molar-refractivity contribution < 1.29 is 17.6 Å². The molecule has 0 aliphatic rings. The van der Waals surface area contributed by atoms with Gasteiger partial charge in [-0.25, -0.2) is 9.97 Å². The Hall–Kier alpha value is -1.44. The summed E-state index contributed by atoms with van der Waals surface area (Å²) in [6.07, 6.45) is -3.72. The Kier molecular flexibility index (Phi) is 4.44. The van der Waals surface area contributed by atoms with E-state index in [0.717, 1.165) is 24.0 Å². The maximum atomic E-state index is 12.6. The second kappa shape index (κ2) is 6.22. The van der Waals surface area contributed by atoms with Gasteiger partial charge in [0, 0.05) is 17.3 Å². The smallest absolute Gasteiger partial charge is 0.417 e. The minimum atomic E-state index is -4.47. The molecule has 0 aliphatic heterocycles. The number of hydrogen-bond acceptors (Lipinski definition) is 4. The van der Waals surface area contributed by atoms with E-state index in [1.165, 1.54) is 0 Å². The Morgan fingerprint density at radius 1 is 1.17 bits per heavy atom. The summed E-state index contributed by atoms with van der Waals surface area (Å²) in [5.74, 6) is 0.690. The highest BCUT2D eigenvalue weighted by Gasteiger charge is 2.31. The first-order valence-corrected chi connectivity index (χ1v) is 7.97. The molecule has 0 unspecified atom stereocenters. The lowest BCUT2D eigenvalue weighted by Crippen LogP contribution is -2.05. The van der Waals surface area contributed by atoms with Gasteiger partial charge < -0.3 is 4.42 Å². The van der Waals surface area contributed by atoms with Crippen molar-refractivity contribution in [1.29, 1.82) is 0 Å². The first-order chi connectivity index (χ1) is 10.8. The highest BCUT2D eigenvalue weighted by molar-refractivity contribution is 7.98. The van der Waals surface area contributed by atoms with Crippen LogP contribution in [-0.4, -0.2) is 9.97 Å². The molecular formula is C14H7Cl2F3N2OS. The molecule has 0 saturated heterocycles. The molecule has 0 N–H and O–H groups in total. The molecule has 23 heavy (non-hydrogen) atoms. The van der Waals surface area contributed by atoms with E-state index in [9.17, 15) is 13.2 Å². The van der Waals surface area contributed by atoms with Crippen LogP contribution < -0.4 is 0 Å². The Morgan fingerprint density at radius 2 is 1.96 bits per heavy atom. The molecule has 2 heterocycles. The third-order valence-electron chi connectivity index (χ3n) is 2.86. The number of hydrogen-bond donors (Lipinski definition) is 0. The molecule has 120 valence electrons. The molecular weight excluding hydrogens is 372 g/mol. The molecule has 3 rings (SSSR count). The van der Waals surface area contributed by atoms with E-state index in [4.69, 9.17) is 27.6 Å². The maximum Gasteiger partial charge on any atom is 0.417 e. The third kappa shape index (κ3) is 3.73. The first-order valence-electron chi connectivity index (χ1n) is 6.23. The van der Waals surface area contributed by atoms with Crippen LogP contribution in [0, 0.1) is 0 Å². The number of thioether (sulfide) groups is 1. The van der Waals surface area contributed by atoms with Gasteiger partial charge >= 0.3 is 6.18 Å². The van der Waals surface area contributed by atoms with Crippen molar-refractivity contribution in [2.45, 2.75) is 17.0 Å². The molecule has 0 saturated carbocycles. The Bertz CT molecular complexity index is 867. The minimum absolute atomic E-state index is 0.0658. The highest BCUT2D eigenvalue weighted by atomic mass is 35.5. The van der Waals surface area contributed by atoms with Crippen molar-refractivity contribution in [3.63, 3.8) is 0 Å².